The van der Waals surface area contributed by atoms with E-state index in [1.54, 1.807) is 0 Å². The van der Waals surface area contributed by atoms with Crippen LogP contribution in [0.3, 0.4) is 0 Å². The standard InChI is InChI=1S/C26H20N4O2S2/c31-24(30-26-28-22(16-34-26)18-9-3-1-4-10-18)17-33-25-20-13-7-8-14-21(20)27-23(29-25)15-32-19-11-5-2-6-12-19/h1-14,16H,15,17H2,(H,28,30,31). The summed E-state index contributed by atoms with van der Waals surface area (Å²) in [7, 11) is 0. The molecule has 168 valence electrons. The summed E-state index contributed by atoms with van der Waals surface area (Å²) in [6, 6.07) is 27.2. The van der Waals surface area contributed by atoms with Gasteiger partial charge in [-0.3, -0.25) is 4.79 Å². The van der Waals surface area contributed by atoms with E-state index in [9.17, 15) is 4.79 Å². The molecular weight excluding hydrogens is 464 g/mol. The van der Waals surface area contributed by atoms with Gasteiger partial charge in [0.15, 0.2) is 11.0 Å². The zero-order chi connectivity index (χ0) is 23.2. The number of benzene rings is 3. The molecule has 0 spiro atoms. The van der Waals surface area contributed by atoms with E-state index >= 15 is 0 Å². The highest BCUT2D eigenvalue weighted by molar-refractivity contribution is 8.00. The number of aromatic nitrogens is 3. The van der Waals surface area contributed by atoms with Crippen LogP contribution in [0.25, 0.3) is 22.2 Å². The molecule has 5 rings (SSSR count). The van der Waals surface area contributed by atoms with Gasteiger partial charge in [0.05, 0.1) is 17.0 Å². The van der Waals surface area contributed by atoms with Crippen LogP contribution in [0.15, 0.2) is 95.3 Å². The fourth-order valence-electron chi connectivity index (χ4n) is 3.29. The van der Waals surface area contributed by atoms with Crippen molar-refractivity contribution in [2.75, 3.05) is 11.1 Å². The molecule has 0 bridgehead atoms. The molecule has 6 nitrogen and oxygen atoms in total. The fourth-order valence-corrected chi connectivity index (χ4v) is 4.87. The number of rotatable bonds is 8. The smallest absolute Gasteiger partial charge is 0.236 e. The number of ether oxygens (including phenoxy) is 1. The zero-order valence-electron chi connectivity index (χ0n) is 18.0. The molecular formula is C26H20N4O2S2. The van der Waals surface area contributed by atoms with Crippen molar-refractivity contribution in [2.24, 2.45) is 0 Å². The van der Waals surface area contributed by atoms with E-state index in [2.05, 4.69) is 20.3 Å². The van der Waals surface area contributed by atoms with Crippen molar-refractivity contribution in [3.8, 4) is 17.0 Å². The third-order valence-corrected chi connectivity index (χ3v) is 6.63. The summed E-state index contributed by atoms with van der Waals surface area (Å²) in [4.78, 5) is 26.4. The molecule has 2 aromatic heterocycles. The van der Waals surface area contributed by atoms with Gasteiger partial charge in [0.1, 0.15) is 17.4 Å². The first-order valence-corrected chi connectivity index (χ1v) is 12.5. The highest BCUT2D eigenvalue weighted by atomic mass is 32.2. The van der Waals surface area contributed by atoms with Crippen LogP contribution in [0.4, 0.5) is 5.13 Å². The molecule has 3 aromatic carbocycles. The number of amides is 1. The molecule has 2 heterocycles. The maximum atomic E-state index is 12.6. The van der Waals surface area contributed by atoms with Crippen LogP contribution in [0.1, 0.15) is 5.82 Å². The van der Waals surface area contributed by atoms with Crippen molar-refractivity contribution >= 4 is 45.0 Å². The fraction of sp³-hybridized carbons (Fsp3) is 0.0769. The number of nitrogens with one attached hydrogen (secondary N) is 1. The molecule has 34 heavy (non-hydrogen) atoms. The minimum absolute atomic E-state index is 0.135. The molecule has 8 heteroatoms. The lowest BCUT2D eigenvalue weighted by Crippen LogP contribution is -2.14. The number of carbonyl (C=O) groups is 1. The molecule has 0 saturated heterocycles. The Kier molecular flexibility index (Phi) is 6.78. The molecule has 0 atom stereocenters. The van der Waals surface area contributed by atoms with E-state index in [4.69, 9.17) is 4.74 Å². The van der Waals surface area contributed by atoms with Crippen LogP contribution >= 0.6 is 23.1 Å². The van der Waals surface area contributed by atoms with Gasteiger partial charge < -0.3 is 10.1 Å². The lowest BCUT2D eigenvalue weighted by molar-refractivity contribution is -0.113. The van der Waals surface area contributed by atoms with Crippen molar-refractivity contribution < 1.29 is 9.53 Å². The van der Waals surface area contributed by atoms with Gasteiger partial charge in [-0.1, -0.05) is 78.5 Å². The van der Waals surface area contributed by atoms with E-state index in [1.165, 1.54) is 23.1 Å². The highest BCUT2D eigenvalue weighted by Gasteiger charge is 2.13. The van der Waals surface area contributed by atoms with Gasteiger partial charge in [-0.25, -0.2) is 15.0 Å². The molecule has 1 N–H and O–H groups in total. The SMILES string of the molecule is O=C(CSc1nc(COc2ccccc2)nc2ccccc12)Nc1nc(-c2ccccc2)cs1. The van der Waals surface area contributed by atoms with Gasteiger partial charge >= 0.3 is 0 Å². The Labute approximate surface area is 205 Å². The van der Waals surface area contributed by atoms with Crippen molar-refractivity contribution in [1.29, 1.82) is 0 Å². The number of hydrogen-bond donors (Lipinski definition) is 1. The number of thiazole rings is 1. The molecule has 0 radical (unpaired) electrons. The molecule has 5 aromatic rings. The average molecular weight is 485 g/mol. The summed E-state index contributed by atoms with van der Waals surface area (Å²) in [5, 5.41) is 7.06. The molecule has 0 aliphatic carbocycles. The summed E-state index contributed by atoms with van der Waals surface area (Å²) in [5.41, 5.74) is 2.68. The van der Waals surface area contributed by atoms with E-state index in [0.717, 1.165) is 32.9 Å². The van der Waals surface area contributed by atoms with Gasteiger partial charge in [0.2, 0.25) is 5.91 Å². The highest BCUT2D eigenvalue weighted by Crippen LogP contribution is 2.27. The van der Waals surface area contributed by atoms with E-state index in [1.807, 2.05) is 90.3 Å². The third-order valence-electron chi connectivity index (χ3n) is 4.89. The molecule has 0 saturated carbocycles. The summed E-state index contributed by atoms with van der Waals surface area (Å²) < 4.78 is 5.82. The van der Waals surface area contributed by atoms with Crippen molar-refractivity contribution in [2.45, 2.75) is 11.6 Å². The van der Waals surface area contributed by atoms with Gasteiger partial charge in [-0.15, -0.1) is 11.3 Å². The number of carbonyl (C=O) groups excluding carboxylic acids is 1. The van der Waals surface area contributed by atoms with Crippen molar-refractivity contribution in [1.82, 2.24) is 15.0 Å². The van der Waals surface area contributed by atoms with Crippen molar-refractivity contribution in [3.63, 3.8) is 0 Å². The van der Waals surface area contributed by atoms with Crippen LogP contribution in [-0.2, 0) is 11.4 Å². The second-order valence-corrected chi connectivity index (χ2v) is 9.13. The molecule has 0 aliphatic rings. The monoisotopic (exact) mass is 484 g/mol. The second-order valence-electron chi connectivity index (χ2n) is 7.30. The minimum Gasteiger partial charge on any atom is -0.486 e. The number of anilines is 1. The predicted molar refractivity (Wildman–Crippen MR) is 137 cm³/mol. The number of para-hydroxylation sites is 2. The average Bonchev–Trinajstić information content (AvgIpc) is 3.35. The number of nitrogens with zero attached hydrogens (tertiary/aromatic N) is 3. The van der Waals surface area contributed by atoms with Gasteiger partial charge in [0.25, 0.3) is 0 Å². The number of fused-ring (bicyclic) bond motifs is 1. The Hall–Kier alpha value is -3.75. The van der Waals surface area contributed by atoms with Gasteiger partial charge in [-0.2, -0.15) is 0 Å². The Morgan fingerprint density at radius 2 is 1.62 bits per heavy atom. The number of thioether (sulfide) groups is 1. The first-order valence-electron chi connectivity index (χ1n) is 10.6. The van der Waals surface area contributed by atoms with Gasteiger partial charge in [0, 0.05) is 16.3 Å². The topological polar surface area (TPSA) is 77.0 Å². The molecule has 0 aliphatic heterocycles. The summed E-state index contributed by atoms with van der Waals surface area (Å²) >= 11 is 2.78. The molecule has 1 amide bonds. The molecule has 0 unspecified atom stereocenters. The predicted octanol–water partition coefficient (Wildman–Crippen LogP) is 6.06. The van der Waals surface area contributed by atoms with Crippen LogP contribution in [0.2, 0.25) is 0 Å². The number of hydrogen-bond acceptors (Lipinski definition) is 7. The quantitative estimate of drug-likeness (QED) is 0.213. The van der Waals surface area contributed by atoms with E-state index in [-0.39, 0.29) is 18.3 Å². The lowest BCUT2D eigenvalue weighted by atomic mass is 10.2. The first-order chi connectivity index (χ1) is 16.7. The zero-order valence-corrected chi connectivity index (χ0v) is 19.7. The lowest BCUT2D eigenvalue weighted by Gasteiger charge is -2.09. The van der Waals surface area contributed by atoms with Crippen LogP contribution in [0, 0.1) is 0 Å². The van der Waals surface area contributed by atoms with Gasteiger partial charge in [-0.05, 0) is 18.2 Å². The summed E-state index contributed by atoms with van der Waals surface area (Å²) in [6.45, 7) is 0.246. The Morgan fingerprint density at radius 1 is 0.882 bits per heavy atom. The van der Waals surface area contributed by atoms with E-state index in [0.29, 0.717) is 11.0 Å². The maximum Gasteiger partial charge on any atom is 0.236 e. The van der Waals surface area contributed by atoms with Crippen LogP contribution in [-0.4, -0.2) is 26.6 Å². The normalized spacial score (nSPS) is 10.8. The Morgan fingerprint density at radius 3 is 2.44 bits per heavy atom. The Bertz CT molecular complexity index is 1410. The maximum absolute atomic E-state index is 12.6. The Balaban J connectivity index is 1.26. The third kappa shape index (κ3) is 5.41. The van der Waals surface area contributed by atoms with E-state index < -0.39 is 0 Å². The first kappa shape index (κ1) is 22.1. The molecule has 0 fully saturated rings. The summed E-state index contributed by atoms with van der Waals surface area (Å²) in [6.07, 6.45) is 0. The van der Waals surface area contributed by atoms with Crippen molar-refractivity contribution in [3.05, 3.63) is 96.1 Å². The second kappa shape index (κ2) is 10.5. The largest absolute Gasteiger partial charge is 0.486 e. The summed E-state index contributed by atoms with van der Waals surface area (Å²) in [5.74, 6) is 1.40. The van der Waals surface area contributed by atoms with Crippen LogP contribution < -0.4 is 10.1 Å². The minimum atomic E-state index is -0.135. The van der Waals surface area contributed by atoms with Crippen LogP contribution in [0.5, 0.6) is 5.75 Å².